The van der Waals surface area contributed by atoms with Crippen LogP contribution in [-0.4, -0.2) is 15.0 Å². The van der Waals surface area contributed by atoms with Crippen LogP contribution in [0.1, 0.15) is 17.3 Å². The summed E-state index contributed by atoms with van der Waals surface area (Å²) in [5.74, 6) is 0. The Hall–Kier alpha value is -1.72. The molecule has 0 aliphatic heterocycles. The molecule has 0 saturated carbocycles. The second-order valence-electron chi connectivity index (χ2n) is 3.95. The van der Waals surface area contributed by atoms with Crippen LogP contribution in [-0.2, 0) is 7.05 Å². The molecular formula is C12H12N4S. The maximum Gasteiger partial charge on any atom is 0.0797 e. The number of nitrogens with zero attached hydrogens (tertiary/aromatic N) is 3. The molecule has 3 rings (SSSR count). The molecule has 0 aliphatic carbocycles. The van der Waals surface area contributed by atoms with Crippen LogP contribution in [0.15, 0.2) is 35.8 Å². The molecule has 3 aromatic rings. The molecule has 0 radical (unpaired) electrons. The van der Waals surface area contributed by atoms with Gasteiger partial charge in [0.25, 0.3) is 0 Å². The van der Waals surface area contributed by atoms with E-state index in [1.165, 1.54) is 10.1 Å². The molecule has 2 N–H and O–H groups in total. The molecule has 86 valence electrons. The van der Waals surface area contributed by atoms with E-state index < -0.39 is 0 Å². The summed E-state index contributed by atoms with van der Waals surface area (Å²) in [4.78, 5) is 0. The van der Waals surface area contributed by atoms with Gasteiger partial charge in [0.2, 0.25) is 0 Å². The fourth-order valence-electron chi connectivity index (χ4n) is 1.98. The molecule has 0 aliphatic rings. The smallest absolute Gasteiger partial charge is 0.0797 e. The van der Waals surface area contributed by atoms with Crippen LogP contribution in [0.3, 0.4) is 0 Å². The predicted molar refractivity (Wildman–Crippen MR) is 68.9 cm³/mol. The van der Waals surface area contributed by atoms with E-state index in [1.807, 2.05) is 19.2 Å². The average molecular weight is 244 g/mol. The lowest BCUT2D eigenvalue weighted by atomic mass is 10.0. The van der Waals surface area contributed by atoms with Crippen molar-refractivity contribution in [1.82, 2.24) is 15.0 Å². The van der Waals surface area contributed by atoms with Crippen LogP contribution in [0.5, 0.6) is 0 Å². The number of aryl methyl sites for hydroxylation is 1. The maximum absolute atomic E-state index is 6.28. The van der Waals surface area contributed by atoms with E-state index in [0.717, 1.165) is 11.3 Å². The molecule has 1 aromatic carbocycles. The van der Waals surface area contributed by atoms with Gasteiger partial charge in [0.1, 0.15) is 0 Å². The quantitative estimate of drug-likeness (QED) is 0.751. The lowest BCUT2D eigenvalue weighted by Gasteiger charge is -2.10. The number of aromatic nitrogens is 3. The van der Waals surface area contributed by atoms with Crippen molar-refractivity contribution in [3.05, 3.63) is 47.1 Å². The highest BCUT2D eigenvalue weighted by Crippen LogP contribution is 2.31. The molecule has 0 fully saturated rings. The SMILES string of the molecule is Cn1nncc1C(N)c1csc2ccccc12. The van der Waals surface area contributed by atoms with Gasteiger partial charge in [0.05, 0.1) is 17.9 Å². The van der Waals surface area contributed by atoms with Gasteiger partial charge in [-0.1, -0.05) is 23.4 Å². The summed E-state index contributed by atoms with van der Waals surface area (Å²) in [7, 11) is 1.86. The summed E-state index contributed by atoms with van der Waals surface area (Å²) in [5, 5.41) is 11.1. The second-order valence-corrected chi connectivity index (χ2v) is 4.86. The molecule has 5 heteroatoms. The molecule has 2 heterocycles. The number of hydrogen-bond donors (Lipinski definition) is 1. The van der Waals surface area contributed by atoms with E-state index in [4.69, 9.17) is 5.73 Å². The summed E-state index contributed by atoms with van der Waals surface area (Å²) < 4.78 is 2.98. The van der Waals surface area contributed by atoms with Gasteiger partial charge in [-0.3, -0.25) is 4.68 Å². The van der Waals surface area contributed by atoms with E-state index in [2.05, 4.69) is 27.8 Å². The van der Waals surface area contributed by atoms with Crippen molar-refractivity contribution in [3.63, 3.8) is 0 Å². The molecule has 1 unspecified atom stereocenters. The molecule has 0 spiro atoms. The minimum atomic E-state index is -0.175. The van der Waals surface area contributed by atoms with Crippen LogP contribution in [0.4, 0.5) is 0 Å². The highest BCUT2D eigenvalue weighted by Gasteiger charge is 2.16. The maximum atomic E-state index is 6.28. The first-order valence-corrected chi connectivity index (χ1v) is 6.21. The Balaban J connectivity index is 2.13. The number of thiophene rings is 1. The van der Waals surface area contributed by atoms with E-state index in [9.17, 15) is 0 Å². The zero-order valence-electron chi connectivity index (χ0n) is 9.37. The normalized spacial score (nSPS) is 13.1. The third-order valence-corrected chi connectivity index (χ3v) is 3.90. The zero-order valence-corrected chi connectivity index (χ0v) is 10.2. The minimum absolute atomic E-state index is 0.175. The molecule has 0 amide bonds. The Labute approximate surface area is 103 Å². The highest BCUT2D eigenvalue weighted by atomic mass is 32.1. The van der Waals surface area contributed by atoms with Crippen molar-refractivity contribution < 1.29 is 0 Å². The van der Waals surface area contributed by atoms with Gasteiger partial charge in [0, 0.05) is 11.7 Å². The number of fused-ring (bicyclic) bond motifs is 1. The van der Waals surface area contributed by atoms with Crippen molar-refractivity contribution in [1.29, 1.82) is 0 Å². The monoisotopic (exact) mass is 244 g/mol. The molecule has 1 atom stereocenters. The second kappa shape index (κ2) is 3.94. The largest absolute Gasteiger partial charge is 0.319 e. The molecule has 4 nitrogen and oxygen atoms in total. The van der Waals surface area contributed by atoms with Crippen molar-refractivity contribution in [2.75, 3.05) is 0 Å². The fraction of sp³-hybridized carbons (Fsp3) is 0.167. The molecule has 0 saturated heterocycles. The van der Waals surface area contributed by atoms with Crippen LogP contribution < -0.4 is 5.73 Å². The van der Waals surface area contributed by atoms with E-state index in [0.29, 0.717) is 0 Å². The molecular weight excluding hydrogens is 232 g/mol. The van der Waals surface area contributed by atoms with Crippen LogP contribution >= 0.6 is 11.3 Å². The van der Waals surface area contributed by atoms with E-state index in [-0.39, 0.29) is 6.04 Å². The highest BCUT2D eigenvalue weighted by molar-refractivity contribution is 7.17. The molecule has 2 aromatic heterocycles. The molecule has 0 bridgehead atoms. The summed E-state index contributed by atoms with van der Waals surface area (Å²) >= 11 is 1.72. The first-order chi connectivity index (χ1) is 8.27. The van der Waals surface area contributed by atoms with Gasteiger partial charge >= 0.3 is 0 Å². The predicted octanol–water partition coefficient (Wildman–Crippen LogP) is 2.08. The van der Waals surface area contributed by atoms with Crippen molar-refractivity contribution >= 4 is 21.4 Å². The summed E-state index contributed by atoms with van der Waals surface area (Å²) in [6.45, 7) is 0. The topological polar surface area (TPSA) is 56.7 Å². The van der Waals surface area contributed by atoms with E-state index >= 15 is 0 Å². The van der Waals surface area contributed by atoms with Gasteiger partial charge in [-0.2, -0.15) is 0 Å². The van der Waals surface area contributed by atoms with Crippen molar-refractivity contribution in [2.24, 2.45) is 12.8 Å². The summed E-state index contributed by atoms with van der Waals surface area (Å²) in [6, 6.07) is 8.11. The standard InChI is InChI=1S/C12H12N4S/c1-16-10(6-14-15-16)12(13)9-7-17-11-5-3-2-4-8(9)11/h2-7,12H,13H2,1H3. The zero-order chi connectivity index (χ0) is 11.8. The first-order valence-electron chi connectivity index (χ1n) is 5.33. The number of nitrogens with two attached hydrogens (primary N) is 1. The van der Waals surface area contributed by atoms with Gasteiger partial charge in [-0.05, 0) is 22.4 Å². The van der Waals surface area contributed by atoms with Gasteiger partial charge in [0.15, 0.2) is 0 Å². The Bertz CT molecular complexity index is 655. The van der Waals surface area contributed by atoms with Gasteiger partial charge in [-0.15, -0.1) is 16.4 Å². The third kappa shape index (κ3) is 1.64. The lowest BCUT2D eigenvalue weighted by molar-refractivity contribution is 0.653. The van der Waals surface area contributed by atoms with Crippen molar-refractivity contribution in [3.8, 4) is 0 Å². The number of rotatable bonds is 2. The van der Waals surface area contributed by atoms with Crippen molar-refractivity contribution in [2.45, 2.75) is 6.04 Å². The third-order valence-electron chi connectivity index (χ3n) is 2.91. The lowest BCUT2D eigenvalue weighted by Crippen LogP contribution is -2.15. The fourth-order valence-corrected chi connectivity index (χ4v) is 2.98. The summed E-state index contributed by atoms with van der Waals surface area (Å²) in [5.41, 5.74) is 8.34. The Morgan fingerprint density at radius 3 is 2.94 bits per heavy atom. The minimum Gasteiger partial charge on any atom is -0.319 e. The Kier molecular flexibility index (Phi) is 2.42. The molecule has 17 heavy (non-hydrogen) atoms. The van der Waals surface area contributed by atoms with Crippen LogP contribution in [0, 0.1) is 0 Å². The Morgan fingerprint density at radius 2 is 2.18 bits per heavy atom. The first kappa shape index (κ1) is 10.4. The van der Waals surface area contributed by atoms with Gasteiger partial charge < -0.3 is 5.73 Å². The average Bonchev–Trinajstić information content (AvgIpc) is 2.94. The van der Waals surface area contributed by atoms with E-state index in [1.54, 1.807) is 22.2 Å². The Morgan fingerprint density at radius 1 is 1.35 bits per heavy atom. The summed E-state index contributed by atoms with van der Waals surface area (Å²) in [6.07, 6.45) is 1.72. The van der Waals surface area contributed by atoms with Crippen LogP contribution in [0.2, 0.25) is 0 Å². The van der Waals surface area contributed by atoms with Crippen LogP contribution in [0.25, 0.3) is 10.1 Å². The van der Waals surface area contributed by atoms with Gasteiger partial charge in [-0.25, -0.2) is 0 Å². The number of benzene rings is 1. The number of hydrogen-bond acceptors (Lipinski definition) is 4.